The highest BCUT2D eigenvalue weighted by atomic mass is 79.9. The second-order valence-electron chi connectivity index (χ2n) is 5.25. The molecule has 2 rings (SSSR count). The minimum absolute atomic E-state index is 0.0112. The average molecular weight is 327 g/mol. The molecule has 0 fully saturated rings. The summed E-state index contributed by atoms with van der Waals surface area (Å²) in [6, 6.07) is 5.52. The molecule has 0 spiro atoms. The molecule has 0 amide bonds. The zero-order valence-corrected chi connectivity index (χ0v) is 13.1. The predicted molar refractivity (Wildman–Crippen MR) is 78.6 cm³/mol. The van der Waals surface area contributed by atoms with Gasteiger partial charge in [-0.25, -0.2) is 0 Å². The van der Waals surface area contributed by atoms with Crippen LogP contribution in [-0.2, 0) is 0 Å². The lowest BCUT2D eigenvalue weighted by Gasteiger charge is -2.17. The van der Waals surface area contributed by atoms with Crippen LogP contribution in [0.25, 0.3) is 0 Å². The molecule has 1 aromatic rings. The van der Waals surface area contributed by atoms with Crippen LogP contribution in [0.15, 0.2) is 18.2 Å². The molecule has 19 heavy (non-hydrogen) atoms. The standard InChI is InChI=1S/C15H19BrO3/c1-4-6-10(9-16)18-11-7-5-8-12-13(11)14(17)15(2,3)19-12/h5,7-8,10H,4,6,9H2,1-3H3. The SMILES string of the molecule is CCCC(CBr)Oc1cccc2c1C(=O)C(C)(C)O2. The van der Waals surface area contributed by atoms with Gasteiger partial charge in [0.2, 0.25) is 5.78 Å². The van der Waals surface area contributed by atoms with Gasteiger partial charge in [0.1, 0.15) is 23.2 Å². The number of Topliss-reactive ketones (excluding diaryl/α,β-unsaturated/α-hetero) is 1. The number of rotatable bonds is 5. The number of fused-ring (bicyclic) bond motifs is 1. The molecule has 1 unspecified atom stereocenters. The van der Waals surface area contributed by atoms with E-state index in [-0.39, 0.29) is 11.9 Å². The van der Waals surface area contributed by atoms with Gasteiger partial charge in [-0.05, 0) is 32.4 Å². The molecular formula is C15H19BrO3. The summed E-state index contributed by atoms with van der Waals surface area (Å²) in [4.78, 5) is 12.4. The van der Waals surface area contributed by atoms with Crippen molar-refractivity contribution in [1.29, 1.82) is 0 Å². The zero-order chi connectivity index (χ0) is 14.0. The van der Waals surface area contributed by atoms with Gasteiger partial charge in [0.25, 0.3) is 0 Å². The lowest BCUT2D eigenvalue weighted by atomic mass is 9.99. The average Bonchev–Trinajstić information content (AvgIpc) is 2.60. The van der Waals surface area contributed by atoms with Gasteiger partial charge in [-0.15, -0.1) is 0 Å². The third kappa shape index (κ3) is 2.78. The molecule has 0 bridgehead atoms. The maximum absolute atomic E-state index is 12.4. The number of ketones is 1. The van der Waals surface area contributed by atoms with Crippen LogP contribution in [0.3, 0.4) is 0 Å². The van der Waals surface area contributed by atoms with E-state index in [2.05, 4.69) is 22.9 Å². The Hall–Kier alpha value is -1.03. The van der Waals surface area contributed by atoms with Gasteiger partial charge >= 0.3 is 0 Å². The monoisotopic (exact) mass is 326 g/mol. The number of carbonyl (C=O) groups excluding carboxylic acids is 1. The largest absolute Gasteiger partial charge is 0.489 e. The number of hydrogen-bond donors (Lipinski definition) is 0. The molecule has 0 aromatic heterocycles. The molecule has 1 atom stereocenters. The van der Waals surface area contributed by atoms with Gasteiger partial charge in [0, 0.05) is 5.33 Å². The van der Waals surface area contributed by atoms with Gasteiger partial charge in [-0.1, -0.05) is 35.3 Å². The number of halogens is 1. The third-order valence-corrected chi connectivity index (χ3v) is 3.93. The van der Waals surface area contributed by atoms with Crippen LogP contribution in [0.4, 0.5) is 0 Å². The van der Waals surface area contributed by atoms with Gasteiger partial charge < -0.3 is 9.47 Å². The Labute approximate surface area is 122 Å². The fourth-order valence-corrected chi connectivity index (χ4v) is 2.67. The molecule has 0 N–H and O–H groups in total. The highest BCUT2D eigenvalue weighted by Crippen LogP contribution is 2.40. The first-order valence-corrected chi connectivity index (χ1v) is 7.71. The lowest BCUT2D eigenvalue weighted by molar-refractivity contribution is 0.0682. The van der Waals surface area contributed by atoms with E-state index in [9.17, 15) is 4.79 Å². The smallest absolute Gasteiger partial charge is 0.213 e. The van der Waals surface area contributed by atoms with E-state index in [0.29, 0.717) is 17.1 Å². The molecule has 3 nitrogen and oxygen atoms in total. The topological polar surface area (TPSA) is 35.5 Å². The van der Waals surface area contributed by atoms with Crippen LogP contribution in [0, 0.1) is 0 Å². The molecule has 0 radical (unpaired) electrons. The van der Waals surface area contributed by atoms with Crippen LogP contribution in [0.5, 0.6) is 11.5 Å². The summed E-state index contributed by atoms with van der Waals surface area (Å²) in [5, 5.41) is 0.753. The first-order valence-electron chi connectivity index (χ1n) is 6.59. The van der Waals surface area contributed by atoms with Gasteiger partial charge in [-0.3, -0.25) is 4.79 Å². The highest BCUT2D eigenvalue weighted by Gasteiger charge is 2.42. The Morgan fingerprint density at radius 1 is 1.42 bits per heavy atom. The summed E-state index contributed by atoms with van der Waals surface area (Å²) in [5.74, 6) is 1.24. The van der Waals surface area contributed by atoms with Crippen molar-refractivity contribution in [3.63, 3.8) is 0 Å². The second kappa shape index (κ2) is 5.53. The van der Waals surface area contributed by atoms with E-state index in [1.54, 1.807) is 13.8 Å². The third-order valence-electron chi connectivity index (χ3n) is 3.20. The van der Waals surface area contributed by atoms with E-state index in [0.717, 1.165) is 18.2 Å². The normalized spacial score (nSPS) is 17.8. The zero-order valence-electron chi connectivity index (χ0n) is 11.5. The van der Waals surface area contributed by atoms with Gasteiger partial charge in [-0.2, -0.15) is 0 Å². The molecule has 1 aromatic carbocycles. The Balaban J connectivity index is 2.30. The molecule has 0 saturated carbocycles. The number of ether oxygens (including phenoxy) is 2. The van der Waals surface area contributed by atoms with E-state index < -0.39 is 5.60 Å². The van der Waals surface area contributed by atoms with E-state index in [4.69, 9.17) is 9.47 Å². The van der Waals surface area contributed by atoms with E-state index in [1.807, 2.05) is 18.2 Å². The summed E-state index contributed by atoms with van der Waals surface area (Å²) in [6.07, 6.45) is 2.07. The van der Waals surface area contributed by atoms with Crippen LogP contribution in [0.2, 0.25) is 0 Å². The number of benzene rings is 1. The van der Waals surface area contributed by atoms with Crippen molar-refractivity contribution in [3.05, 3.63) is 23.8 Å². The van der Waals surface area contributed by atoms with Gasteiger partial charge in [0.15, 0.2) is 5.60 Å². The van der Waals surface area contributed by atoms with Crippen molar-refractivity contribution in [2.45, 2.75) is 45.3 Å². The van der Waals surface area contributed by atoms with Crippen LogP contribution in [0.1, 0.15) is 44.0 Å². The summed E-state index contributed by atoms with van der Waals surface area (Å²) in [5.41, 5.74) is -0.217. The van der Waals surface area contributed by atoms with Crippen LogP contribution < -0.4 is 9.47 Å². The summed E-state index contributed by atoms with van der Waals surface area (Å²) in [6.45, 7) is 5.69. The summed E-state index contributed by atoms with van der Waals surface area (Å²) in [7, 11) is 0. The van der Waals surface area contributed by atoms with Crippen molar-refractivity contribution in [3.8, 4) is 11.5 Å². The first-order chi connectivity index (χ1) is 8.99. The minimum atomic E-state index is -0.795. The Kier molecular flexibility index (Phi) is 4.19. The molecule has 1 heterocycles. The Bertz CT molecular complexity index is 482. The quantitative estimate of drug-likeness (QED) is 0.767. The van der Waals surface area contributed by atoms with E-state index >= 15 is 0 Å². The molecule has 1 aliphatic rings. The first kappa shape index (κ1) is 14.4. The molecule has 104 valence electrons. The molecule has 0 saturated heterocycles. The highest BCUT2D eigenvalue weighted by molar-refractivity contribution is 9.09. The van der Waals surface area contributed by atoms with Crippen molar-refractivity contribution in [2.75, 3.05) is 5.33 Å². The second-order valence-corrected chi connectivity index (χ2v) is 5.90. The molecule has 0 aliphatic carbocycles. The van der Waals surface area contributed by atoms with Crippen molar-refractivity contribution in [2.24, 2.45) is 0 Å². The van der Waals surface area contributed by atoms with Crippen molar-refractivity contribution in [1.82, 2.24) is 0 Å². The van der Waals surface area contributed by atoms with E-state index in [1.165, 1.54) is 0 Å². The maximum atomic E-state index is 12.4. The summed E-state index contributed by atoms with van der Waals surface area (Å²) >= 11 is 3.45. The van der Waals surface area contributed by atoms with Crippen molar-refractivity contribution < 1.29 is 14.3 Å². The molecule has 1 aliphatic heterocycles. The lowest BCUT2D eigenvalue weighted by Crippen LogP contribution is -2.32. The fourth-order valence-electron chi connectivity index (χ4n) is 2.21. The van der Waals surface area contributed by atoms with Crippen molar-refractivity contribution >= 4 is 21.7 Å². The minimum Gasteiger partial charge on any atom is -0.489 e. The Morgan fingerprint density at radius 2 is 2.16 bits per heavy atom. The van der Waals surface area contributed by atoms with Crippen LogP contribution in [-0.4, -0.2) is 22.8 Å². The van der Waals surface area contributed by atoms with Gasteiger partial charge in [0.05, 0.1) is 0 Å². The number of hydrogen-bond acceptors (Lipinski definition) is 3. The fraction of sp³-hybridized carbons (Fsp3) is 0.533. The summed E-state index contributed by atoms with van der Waals surface area (Å²) < 4.78 is 11.6. The number of alkyl halides is 1. The predicted octanol–water partition coefficient (Wildman–Crippen LogP) is 3.98. The van der Waals surface area contributed by atoms with Crippen LogP contribution >= 0.6 is 15.9 Å². The molecular weight excluding hydrogens is 308 g/mol. The Morgan fingerprint density at radius 3 is 2.79 bits per heavy atom. The maximum Gasteiger partial charge on any atom is 0.213 e. The molecule has 4 heteroatoms. The number of carbonyl (C=O) groups is 1.